The number of rotatable bonds is 7. The average molecular weight is 435 g/mol. The van der Waals surface area contributed by atoms with Crippen molar-refractivity contribution in [1.29, 1.82) is 0 Å². The highest BCUT2D eigenvalue weighted by Crippen LogP contribution is 2.20. The second kappa shape index (κ2) is 9.01. The van der Waals surface area contributed by atoms with E-state index in [1.807, 2.05) is 0 Å². The molecule has 11 heteroatoms. The monoisotopic (exact) mass is 435 g/mol. The van der Waals surface area contributed by atoms with Gasteiger partial charge in [0.25, 0.3) is 11.6 Å². The number of nitrogens with zero attached hydrogens (tertiary/aromatic N) is 2. The average Bonchev–Trinajstić information content (AvgIpc) is 2.67. The molecule has 0 aliphatic heterocycles. The van der Waals surface area contributed by atoms with Crippen molar-refractivity contribution in [2.24, 2.45) is 0 Å². The number of hydrogen-bond donors (Lipinski definition) is 1. The molecule has 1 amide bonds. The number of benzene rings is 2. The summed E-state index contributed by atoms with van der Waals surface area (Å²) >= 11 is 0. The van der Waals surface area contributed by atoms with Gasteiger partial charge in [-0.05, 0) is 44.2 Å². The molecule has 2 aromatic carbocycles. The van der Waals surface area contributed by atoms with Gasteiger partial charge in [-0.1, -0.05) is 6.07 Å². The summed E-state index contributed by atoms with van der Waals surface area (Å²) in [5.41, 5.74) is 0.434. The molecule has 0 unspecified atom stereocenters. The molecule has 0 saturated heterocycles. The first-order valence-corrected chi connectivity index (χ1v) is 10.2. The molecule has 0 radical (unpaired) electrons. The van der Waals surface area contributed by atoms with Crippen LogP contribution in [0.15, 0.2) is 47.4 Å². The maximum absolute atomic E-state index is 12.3. The van der Waals surface area contributed by atoms with Gasteiger partial charge < -0.3 is 10.1 Å². The van der Waals surface area contributed by atoms with Crippen molar-refractivity contribution in [3.05, 3.63) is 63.7 Å². The van der Waals surface area contributed by atoms with E-state index in [4.69, 9.17) is 4.74 Å². The lowest BCUT2D eigenvalue weighted by atomic mass is 10.1. The Kier molecular flexibility index (Phi) is 6.90. The standard InChI is InChI=1S/C19H21N3O7S/c1-12-10-14(8-9-17(12)22(25)26)19(24)29-13(2)18(23)20-15-6-5-7-16(11-15)30(27,28)21(3)4/h5-11,13H,1-4H3,(H,20,23)/t13-/m1/s1. The lowest BCUT2D eigenvalue weighted by molar-refractivity contribution is -0.385. The first-order valence-electron chi connectivity index (χ1n) is 8.73. The van der Waals surface area contributed by atoms with Gasteiger partial charge in [0.05, 0.1) is 15.4 Å². The number of nitro benzene ring substituents is 1. The van der Waals surface area contributed by atoms with Crippen LogP contribution in [0.3, 0.4) is 0 Å². The predicted molar refractivity (Wildman–Crippen MR) is 109 cm³/mol. The van der Waals surface area contributed by atoms with Gasteiger partial charge in [-0.15, -0.1) is 0 Å². The topological polar surface area (TPSA) is 136 Å². The number of anilines is 1. The number of hydrogen-bond acceptors (Lipinski definition) is 7. The van der Waals surface area contributed by atoms with Gasteiger partial charge in [0, 0.05) is 31.4 Å². The number of nitrogens with one attached hydrogen (secondary N) is 1. The van der Waals surface area contributed by atoms with Gasteiger partial charge in [0.1, 0.15) is 0 Å². The number of ether oxygens (including phenoxy) is 1. The largest absolute Gasteiger partial charge is 0.449 e. The van der Waals surface area contributed by atoms with Crippen LogP contribution < -0.4 is 5.32 Å². The minimum atomic E-state index is -3.68. The third kappa shape index (κ3) is 5.19. The van der Waals surface area contributed by atoms with E-state index in [-0.39, 0.29) is 27.4 Å². The molecule has 160 valence electrons. The molecule has 0 fully saturated rings. The van der Waals surface area contributed by atoms with Crippen LogP contribution in [-0.2, 0) is 19.6 Å². The Bertz CT molecular complexity index is 1100. The second-order valence-electron chi connectivity index (χ2n) is 6.61. The van der Waals surface area contributed by atoms with E-state index >= 15 is 0 Å². The molecule has 0 aromatic heterocycles. The summed E-state index contributed by atoms with van der Waals surface area (Å²) < 4.78 is 30.6. The van der Waals surface area contributed by atoms with Crippen LogP contribution in [-0.4, -0.2) is 49.7 Å². The van der Waals surface area contributed by atoms with Crippen LogP contribution >= 0.6 is 0 Å². The second-order valence-corrected chi connectivity index (χ2v) is 8.76. The molecule has 2 aromatic rings. The Balaban J connectivity index is 2.09. The van der Waals surface area contributed by atoms with Crippen molar-refractivity contribution in [2.75, 3.05) is 19.4 Å². The summed E-state index contributed by atoms with van der Waals surface area (Å²) in [6.45, 7) is 2.84. The van der Waals surface area contributed by atoms with E-state index in [1.165, 1.54) is 70.4 Å². The summed E-state index contributed by atoms with van der Waals surface area (Å²) in [5, 5.41) is 13.4. The highest BCUT2D eigenvalue weighted by Gasteiger charge is 2.22. The van der Waals surface area contributed by atoms with E-state index in [9.17, 15) is 28.1 Å². The molecular formula is C19H21N3O7S. The van der Waals surface area contributed by atoms with Gasteiger partial charge in [-0.2, -0.15) is 0 Å². The smallest absolute Gasteiger partial charge is 0.338 e. The van der Waals surface area contributed by atoms with Gasteiger partial charge in [-0.3, -0.25) is 14.9 Å². The van der Waals surface area contributed by atoms with Crippen LogP contribution in [0.5, 0.6) is 0 Å². The van der Waals surface area contributed by atoms with Crippen molar-refractivity contribution in [3.8, 4) is 0 Å². The minimum absolute atomic E-state index is 0.00342. The molecule has 0 heterocycles. The quantitative estimate of drug-likeness (QED) is 0.400. The van der Waals surface area contributed by atoms with E-state index in [1.54, 1.807) is 0 Å². The Labute approximate surface area is 173 Å². The molecule has 0 spiro atoms. The number of nitro groups is 1. The SMILES string of the molecule is Cc1cc(C(=O)O[C@H](C)C(=O)Nc2cccc(S(=O)(=O)N(C)C)c2)ccc1[N+](=O)[O-]. The molecular weight excluding hydrogens is 414 g/mol. The molecule has 0 aliphatic rings. The number of amides is 1. The number of carbonyl (C=O) groups is 2. The fourth-order valence-electron chi connectivity index (χ4n) is 2.46. The molecule has 2 rings (SSSR count). The van der Waals surface area contributed by atoms with Crippen molar-refractivity contribution in [1.82, 2.24) is 4.31 Å². The number of carbonyl (C=O) groups excluding carboxylic acids is 2. The van der Waals surface area contributed by atoms with E-state index in [0.29, 0.717) is 0 Å². The van der Waals surface area contributed by atoms with E-state index in [2.05, 4.69) is 5.32 Å². The van der Waals surface area contributed by atoms with E-state index in [0.717, 1.165) is 4.31 Å². The Hall–Kier alpha value is -3.31. The van der Waals surface area contributed by atoms with Crippen LogP contribution in [0.1, 0.15) is 22.8 Å². The molecule has 0 bridgehead atoms. The molecule has 0 saturated carbocycles. The Morgan fingerprint density at radius 1 is 1.17 bits per heavy atom. The Morgan fingerprint density at radius 3 is 2.40 bits per heavy atom. The highest BCUT2D eigenvalue weighted by molar-refractivity contribution is 7.89. The van der Waals surface area contributed by atoms with Crippen molar-refractivity contribution < 1.29 is 27.7 Å². The summed E-state index contributed by atoms with van der Waals surface area (Å²) in [6.07, 6.45) is -1.19. The van der Waals surface area contributed by atoms with E-state index < -0.39 is 32.9 Å². The predicted octanol–water partition coefficient (Wildman–Crippen LogP) is 2.34. The van der Waals surface area contributed by atoms with Crippen LogP contribution in [0.4, 0.5) is 11.4 Å². The van der Waals surface area contributed by atoms with Crippen molar-refractivity contribution in [3.63, 3.8) is 0 Å². The van der Waals surface area contributed by atoms with Crippen LogP contribution in [0.2, 0.25) is 0 Å². The number of sulfonamides is 1. The summed E-state index contributed by atoms with van der Waals surface area (Å²) in [7, 11) is -0.894. The molecule has 30 heavy (non-hydrogen) atoms. The van der Waals surface area contributed by atoms with Gasteiger partial charge >= 0.3 is 5.97 Å². The van der Waals surface area contributed by atoms with Gasteiger partial charge in [0.15, 0.2) is 6.10 Å². The van der Waals surface area contributed by atoms with Crippen LogP contribution in [0, 0.1) is 17.0 Å². The highest BCUT2D eigenvalue weighted by atomic mass is 32.2. The molecule has 10 nitrogen and oxygen atoms in total. The maximum Gasteiger partial charge on any atom is 0.338 e. The summed E-state index contributed by atoms with van der Waals surface area (Å²) in [4.78, 5) is 34.9. The molecule has 1 atom stereocenters. The lowest BCUT2D eigenvalue weighted by Gasteiger charge is -2.15. The first kappa shape index (κ1) is 23.0. The van der Waals surface area contributed by atoms with Crippen LogP contribution in [0.25, 0.3) is 0 Å². The zero-order chi connectivity index (χ0) is 22.6. The third-order valence-corrected chi connectivity index (χ3v) is 5.97. The summed E-state index contributed by atoms with van der Waals surface area (Å²) in [5.74, 6) is -1.49. The number of esters is 1. The zero-order valence-electron chi connectivity index (χ0n) is 16.8. The Morgan fingerprint density at radius 2 is 1.83 bits per heavy atom. The normalized spacial score (nSPS) is 12.3. The maximum atomic E-state index is 12.3. The summed E-state index contributed by atoms with van der Waals surface area (Å²) in [6, 6.07) is 9.40. The minimum Gasteiger partial charge on any atom is -0.449 e. The van der Waals surface area contributed by atoms with Gasteiger partial charge in [-0.25, -0.2) is 17.5 Å². The third-order valence-electron chi connectivity index (χ3n) is 4.16. The lowest BCUT2D eigenvalue weighted by Crippen LogP contribution is -2.30. The van der Waals surface area contributed by atoms with Gasteiger partial charge in [0.2, 0.25) is 10.0 Å². The molecule has 0 aliphatic carbocycles. The first-order chi connectivity index (χ1) is 13.9. The van der Waals surface area contributed by atoms with Crippen molar-refractivity contribution in [2.45, 2.75) is 24.8 Å². The fourth-order valence-corrected chi connectivity index (χ4v) is 3.41. The molecule has 1 N–H and O–H groups in total. The number of aryl methyl sites for hydroxylation is 1. The van der Waals surface area contributed by atoms with Crippen molar-refractivity contribution >= 4 is 33.3 Å². The fraction of sp³-hybridized carbons (Fsp3) is 0.263. The zero-order valence-corrected chi connectivity index (χ0v) is 17.6.